The van der Waals surface area contributed by atoms with Crippen molar-refractivity contribution in [2.75, 3.05) is 11.6 Å². The smallest absolute Gasteiger partial charge is 0.319 e. The van der Waals surface area contributed by atoms with Gasteiger partial charge in [0.25, 0.3) is 0 Å². The van der Waals surface area contributed by atoms with Gasteiger partial charge in [-0.25, -0.2) is 13.2 Å². The van der Waals surface area contributed by atoms with E-state index in [4.69, 9.17) is 11.6 Å². The summed E-state index contributed by atoms with van der Waals surface area (Å²) in [5.74, 6) is 0.221. The van der Waals surface area contributed by atoms with Crippen LogP contribution in [0.1, 0.15) is 24.0 Å². The summed E-state index contributed by atoms with van der Waals surface area (Å²) < 4.78 is 23.5. The molecule has 25 heavy (non-hydrogen) atoms. The van der Waals surface area contributed by atoms with Gasteiger partial charge in [-0.15, -0.1) is 0 Å². The van der Waals surface area contributed by atoms with Gasteiger partial charge in [0.1, 0.15) is 0 Å². The lowest BCUT2D eigenvalue weighted by atomic mass is 10.0. The summed E-state index contributed by atoms with van der Waals surface area (Å²) in [7, 11) is -3.46. The molecule has 0 radical (unpaired) electrons. The molecule has 7 heteroatoms. The normalized spacial score (nSPS) is 19.3. The molecule has 0 fully saturated rings. The first kappa shape index (κ1) is 17.8. The van der Waals surface area contributed by atoms with Crippen LogP contribution in [0.5, 0.6) is 0 Å². The molecule has 0 bridgehead atoms. The van der Waals surface area contributed by atoms with Crippen LogP contribution in [0.3, 0.4) is 0 Å². The highest BCUT2D eigenvalue weighted by Crippen LogP contribution is 2.32. The lowest BCUT2D eigenvalue weighted by molar-refractivity contribution is 0.247. The molecule has 1 aliphatic carbocycles. The van der Waals surface area contributed by atoms with Crippen molar-refractivity contribution < 1.29 is 13.2 Å². The fourth-order valence-corrected chi connectivity index (χ4v) is 4.47. The van der Waals surface area contributed by atoms with Gasteiger partial charge in [0.2, 0.25) is 0 Å². The molecule has 1 aliphatic rings. The first-order valence-electron chi connectivity index (χ1n) is 7.90. The van der Waals surface area contributed by atoms with Gasteiger partial charge in [0, 0.05) is 23.9 Å². The standard InChI is InChI=1S/C18H19ClN2O3S/c1-11-14-6-4-3-5-12(14)9-16(11)21-18(22)20-13-7-8-15(19)17(10-13)25(2,23)24/h3-8,10-11,16H,9H2,1-2H3,(H2,20,21,22)/t11-,16+/m0/s1. The molecule has 2 N–H and O–H groups in total. The molecule has 5 nitrogen and oxygen atoms in total. The molecule has 0 aliphatic heterocycles. The molecule has 0 saturated carbocycles. The summed E-state index contributed by atoms with van der Waals surface area (Å²) in [6.07, 6.45) is 1.86. The SMILES string of the molecule is C[C@H]1c2ccccc2C[C@H]1NC(=O)Nc1ccc(Cl)c(S(C)(=O)=O)c1. The zero-order valence-corrected chi connectivity index (χ0v) is 15.5. The first-order chi connectivity index (χ1) is 11.8. The van der Waals surface area contributed by atoms with Gasteiger partial charge in [0.05, 0.1) is 9.92 Å². The van der Waals surface area contributed by atoms with E-state index in [-0.39, 0.29) is 27.9 Å². The van der Waals surface area contributed by atoms with E-state index in [0.717, 1.165) is 12.7 Å². The fourth-order valence-electron chi connectivity index (χ4n) is 3.17. The van der Waals surface area contributed by atoms with Crippen LogP contribution in [0.4, 0.5) is 10.5 Å². The van der Waals surface area contributed by atoms with Crippen LogP contribution in [-0.2, 0) is 16.3 Å². The third kappa shape index (κ3) is 3.80. The van der Waals surface area contributed by atoms with Crippen molar-refractivity contribution in [2.45, 2.75) is 30.2 Å². The molecule has 0 unspecified atom stereocenters. The Bertz CT molecular complexity index is 928. The Kier molecular flexibility index (Phi) is 4.75. The van der Waals surface area contributed by atoms with Gasteiger partial charge < -0.3 is 10.6 Å². The minimum Gasteiger partial charge on any atom is -0.334 e. The summed E-state index contributed by atoms with van der Waals surface area (Å²) in [4.78, 5) is 12.3. The van der Waals surface area contributed by atoms with Gasteiger partial charge >= 0.3 is 6.03 Å². The van der Waals surface area contributed by atoms with Crippen molar-refractivity contribution in [2.24, 2.45) is 0 Å². The first-order valence-corrected chi connectivity index (χ1v) is 10.2. The van der Waals surface area contributed by atoms with Crippen molar-refractivity contribution >= 4 is 33.2 Å². The molecule has 2 amide bonds. The Morgan fingerprint density at radius 2 is 1.92 bits per heavy atom. The number of fused-ring (bicyclic) bond motifs is 1. The van der Waals surface area contributed by atoms with E-state index >= 15 is 0 Å². The van der Waals surface area contributed by atoms with Crippen molar-refractivity contribution in [1.82, 2.24) is 5.32 Å². The topological polar surface area (TPSA) is 75.3 Å². The lowest BCUT2D eigenvalue weighted by Gasteiger charge is -2.18. The number of nitrogens with one attached hydrogen (secondary N) is 2. The Balaban J connectivity index is 1.70. The van der Waals surface area contributed by atoms with Gasteiger partial charge in [-0.05, 0) is 35.7 Å². The molecule has 0 aromatic heterocycles. The molecule has 0 spiro atoms. The maximum absolute atomic E-state index is 12.3. The van der Waals surface area contributed by atoms with E-state index in [1.165, 1.54) is 23.3 Å². The summed E-state index contributed by atoms with van der Waals surface area (Å²) in [6.45, 7) is 2.08. The summed E-state index contributed by atoms with van der Waals surface area (Å²) >= 11 is 5.92. The summed E-state index contributed by atoms with van der Waals surface area (Å²) in [6, 6.07) is 12.2. The fraction of sp³-hybridized carbons (Fsp3) is 0.278. The second-order valence-corrected chi connectivity index (χ2v) is 8.71. The second kappa shape index (κ2) is 6.69. The van der Waals surface area contributed by atoms with Crippen molar-refractivity contribution in [3.63, 3.8) is 0 Å². The molecule has 2 aromatic carbocycles. The zero-order chi connectivity index (χ0) is 18.2. The quantitative estimate of drug-likeness (QED) is 0.856. The second-order valence-electron chi connectivity index (χ2n) is 6.31. The van der Waals surface area contributed by atoms with E-state index in [0.29, 0.717) is 5.69 Å². The van der Waals surface area contributed by atoms with Crippen LogP contribution >= 0.6 is 11.6 Å². The number of benzene rings is 2. The number of urea groups is 1. The Labute approximate surface area is 152 Å². The third-order valence-electron chi connectivity index (χ3n) is 4.49. The average molecular weight is 379 g/mol. The molecular formula is C18H19ClN2O3S. The van der Waals surface area contributed by atoms with Crippen LogP contribution < -0.4 is 10.6 Å². The van der Waals surface area contributed by atoms with E-state index < -0.39 is 9.84 Å². The van der Waals surface area contributed by atoms with E-state index in [2.05, 4.69) is 29.7 Å². The predicted molar refractivity (Wildman–Crippen MR) is 99.1 cm³/mol. The maximum atomic E-state index is 12.3. The Morgan fingerprint density at radius 1 is 1.20 bits per heavy atom. The average Bonchev–Trinajstić information content (AvgIpc) is 2.85. The lowest BCUT2D eigenvalue weighted by Crippen LogP contribution is -2.39. The zero-order valence-electron chi connectivity index (χ0n) is 13.9. The Morgan fingerprint density at radius 3 is 2.60 bits per heavy atom. The van der Waals surface area contributed by atoms with E-state index in [9.17, 15) is 13.2 Å². The highest BCUT2D eigenvalue weighted by atomic mass is 35.5. The number of carbonyl (C=O) groups excluding carboxylic acids is 1. The van der Waals surface area contributed by atoms with Crippen molar-refractivity contribution in [1.29, 1.82) is 0 Å². The number of amides is 2. The Hall–Kier alpha value is -2.05. The summed E-state index contributed by atoms with van der Waals surface area (Å²) in [5.41, 5.74) is 2.87. The minimum absolute atomic E-state index is 0.000853. The number of anilines is 1. The molecule has 0 heterocycles. The molecule has 2 atom stereocenters. The third-order valence-corrected chi connectivity index (χ3v) is 6.07. The van der Waals surface area contributed by atoms with Crippen molar-refractivity contribution in [3.8, 4) is 0 Å². The monoisotopic (exact) mass is 378 g/mol. The van der Waals surface area contributed by atoms with Gasteiger partial charge in [-0.1, -0.05) is 42.8 Å². The largest absolute Gasteiger partial charge is 0.334 e. The van der Waals surface area contributed by atoms with Crippen LogP contribution in [0, 0.1) is 0 Å². The van der Waals surface area contributed by atoms with Crippen LogP contribution in [0.2, 0.25) is 5.02 Å². The number of halogens is 1. The number of carbonyl (C=O) groups is 1. The molecular weight excluding hydrogens is 360 g/mol. The number of sulfone groups is 1. The van der Waals surface area contributed by atoms with Crippen molar-refractivity contribution in [3.05, 3.63) is 58.6 Å². The highest BCUT2D eigenvalue weighted by Gasteiger charge is 2.29. The van der Waals surface area contributed by atoms with E-state index in [1.54, 1.807) is 6.07 Å². The number of rotatable bonds is 3. The van der Waals surface area contributed by atoms with Crippen LogP contribution in [0.15, 0.2) is 47.4 Å². The van der Waals surface area contributed by atoms with Crippen LogP contribution in [-0.4, -0.2) is 26.7 Å². The minimum atomic E-state index is -3.46. The number of hydrogen-bond acceptors (Lipinski definition) is 3. The number of hydrogen-bond donors (Lipinski definition) is 2. The van der Waals surface area contributed by atoms with E-state index in [1.807, 2.05) is 12.1 Å². The highest BCUT2D eigenvalue weighted by molar-refractivity contribution is 7.90. The van der Waals surface area contributed by atoms with Gasteiger partial charge in [-0.2, -0.15) is 0 Å². The molecule has 2 aromatic rings. The van der Waals surface area contributed by atoms with Gasteiger partial charge in [0.15, 0.2) is 9.84 Å². The summed E-state index contributed by atoms with van der Waals surface area (Å²) in [5, 5.41) is 5.78. The maximum Gasteiger partial charge on any atom is 0.319 e. The molecule has 132 valence electrons. The van der Waals surface area contributed by atoms with Crippen LogP contribution in [0.25, 0.3) is 0 Å². The molecule has 0 saturated heterocycles. The van der Waals surface area contributed by atoms with Gasteiger partial charge in [-0.3, -0.25) is 0 Å². The predicted octanol–water partition coefficient (Wildman–Crippen LogP) is 3.59. The molecule has 3 rings (SSSR count).